The Labute approximate surface area is 147 Å². The van der Waals surface area contributed by atoms with Crippen LogP contribution in [-0.4, -0.2) is 45.2 Å². The summed E-state index contributed by atoms with van der Waals surface area (Å²) in [6.07, 6.45) is 0. The first-order valence-electron chi connectivity index (χ1n) is 7.67. The summed E-state index contributed by atoms with van der Waals surface area (Å²) in [5.41, 5.74) is 0.498. The van der Waals surface area contributed by atoms with Gasteiger partial charge in [0.15, 0.2) is 0 Å². The molecule has 0 fully saturated rings. The maximum absolute atomic E-state index is 12.6. The van der Waals surface area contributed by atoms with E-state index in [1.165, 1.54) is 19.2 Å². The lowest BCUT2D eigenvalue weighted by molar-refractivity contribution is -0.140. The number of carbonyl (C=O) groups is 2. The van der Waals surface area contributed by atoms with Crippen molar-refractivity contribution in [1.29, 1.82) is 0 Å². The minimum atomic E-state index is -4.16. The lowest BCUT2D eigenvalue weighted by Gasteiger charge is -2.18. The molecule has 0 saturated carbocycles. The minimum Gasteiger partial charge on any atom is -0.480 e. The Morgan fingerprint density at radius 2 is 1.88 bits per heavy atom. The molecular weight excluding hydrogens is 350 g/mol. The molecule has 0 bridgehead atoms. The second-order valence-corrected chi connectivity index (χ2v) is 7.41. The third-order valence-corrected chi connectivity index (χ3v) is 4.73. The quantitative estimate of drug-likeness (QED) is 0.628. The van der Waals surface area contributed by atoms with Crippen molar-refractivity contribution in [2.45, 2.75) is 38.3 Å². The Bertz CT molecular complexity index is 728. The average molecular weight is 373 g/mol. The molecule has 8 nitrogen and oxygen atoms in total. The summed E-state index contributed by atoms with van der Waals surface area (Å²) >= 11 is 0. The number of hydrogen-bond acceptors (Lipinski definition) is 6. The van der Waals surface area contributed by atoms with Crippen LogP contribution in [0.2, 0.25) is 0 Å². The van der Waals surface area contributed by atoms with Crippen molar-refractivity contribution < 1.29 is 32.6 Å². The van der Waals surface area contributed by atoms with Crippen LogP contribution >= 0.6 is 0 Å². The van der Waals surface area contributed by atoms with Crippen molar-refractivity contribution in [3.8, 4) is 0 Å². The van der Waals surface area contributed by atoms with Gasteiger partial charge >= 0.3 is 11.9 Å². The van der Waals surface area contributed by atoms with Crippen LogP contribution in [0.1, 0.15) is 36.7 Å². The molecule has 0 spiro atoms. The highest BCUT2D eigenvalue weighted by Gasteiger charge is 2.29. The van der Waals surface area contributed by atoms with Crippen LogP contribution in [0.15, 0.2) is 23.1 Å². The maximum atomic E-state index is 12.6. The summed E-state index contributed by atoms with van der Waals surface area (Å²) in [4.78, 5) is 23.0. The van der Waals surface area contributed by atoms with Crippen LogP contribution in [0.3, 0.4) is 0 Å². The first-order valence-corrected chi connectivity index (χ1v) is 9.15. The number of aliphatic carboxylic acids is 1. The predicted octanol–water partition coefficient (Wildman–Crippen LogP) is 1.40. The first-order chi connectivity index (χ1) is 11.6. The van der Waals surface area contributed by atoms with Gasteiger partial charge in [-0.2, -0.15) is 4.72 Å². The number of carboxylic acids is 1. The van der Waals surface area contributed by atoms with E-state index in [1.807, 2.05) is 0 Å². The summed E-state index contributed by atoms with van der Waals surface area (Å²) in [5.74, 6) is -2.41. The highest BCUT2D eigenvalue weighted by molar-refractivity contribution is 7.89. The van der Waals surface area contributed by atoms with E-state index >= 15 is 0 Å². The molecule has 1 aromatic rings. The van der Waals surface area contributed by atoms with Crippen molar-refractivity contribution in [3.63, 3.8) is 0 Å². The largest absolute Gasteiger partial charge is 0.480 e. The van der Waals surface area contributed by atoms with E-state index in [1.54, 1.807) is 20.8 Å². The molecule has 0 aliphatic rings. The molecule has 0 saturated heterocycles. The van der Waals surface area contributed by atoms with Gasteiger partial charge in [0, 0.05) is 7.11 Å². The third-order valence-electron chi connectivity index (χ3n) is 3.31. The Balaban J connectivity index is 3.32. The second kappa shape index (κ2) is 8.93. The molecule has 0 aromatic heterocycles. The van der Waals surface area contributed by atoms with Gasteiger partial charge in [0.05, 0.1) is 23.7 Å². The Hall–Kier alpha value is -1.97. The average Bonchev–Trinajstić information content (AvgIpc) is 2.52. The molecule has 140 valence electrons. The molecule has 2 N–H and O–H groups in total. The van der Waals surface area contributed by atoms with Crippen LogP contribution in [0.25, 0.3) is 0 Å². The first kappa shape index (κ1) is 21.1. The summed E-state index contributed by atoms with van der Waals surface area (Å²) in [6.45, 7) is 5.04. The Kier molecular flexibility index (Phi) is 7.53. The Morgan fingerprint density at radius 1 is 1.24 bits per heavy atom. The van der Waals surface area contributed by atoms with Crippen molar-refractivity contribution in [3.05, 3.63) is 29.3 Å². The highest BCUT2D eigenvalue weighted by atomic mass is 32.2. The van der Waals surface area contributed by atoms with E-state index in [0.717, 1.165) is 6.07 Å². The summed E-state index contributed by atoms with van der Waals surface area (Å²) in [5, 5.41) is 9.18. The minimum absolute atomic E-state index is 0.0493. The van der Waals surface area contributed by atoms with Crippen molar-refractivity contribution in [1.82, 2.24) is 4.72 Å². The number of carbonyl (C=O) groups excluding carboxylic acids is 1. The monoisotopic (exact) mass is 373 g/mol. The number of sulfonamides is 1. The van der Waals surface area contributed by atoms with Gasteiger partial charge in [0.25, 0.3) is 0 Å². The van der Waals surface area contributed by atoms with Crippen LogP contribution in [0.5, 0.6) is 0 Å². The summed E-state index contributed by atoms with van der Waals surface area (Å²) in [7, 11) is -2.72. The van der Waals surface area contributed by atoms with Crippen molar-refractivity contribution in [2.24, 2.45) is 5.92 Å². The van der Waals surface area contributed by atoms with Crippen LogP contribution in [0, 0.1) is 5.92 Å². The van der Waals surface area contributed by atoms with Gasteiger partial charge in [-0.05, 0) is 36.6 Å². The zero-order valence-electron chi connectivity index (χ0n) is 14.6. The van der Waals surface area contributed by atoms with Crippen LogP contribution in [-0.2, 0) is 30.9 Å². The van der Waals surface area contributed by atoms with Crippen LogP contribution < -0.4 is 4.72 Å². The molecular formula is C16H23NO7S. The van der Waals surface area contributed by atoms with Gasteiger partial charge in [0.2, 0.25) is 10.0 Å². The van der Waals surface area contributed by atoms with E-state index in [-0.39, 0.29) is 23.7 Å². The third kappa shape index (κ3) is 5.80. The molecule has 0 aliphatic carbocycles. The highest BCUT2D eigenvalue weighted by Crippen LogP contribution is 2.18. The fourth-order valence-corrected chi connectivity index (χ4v) is 3.54. The number of ether oxygens (including phenoxy) is 2. The molecule has 1 rings (SSSR count). The second-order valence-electron chi connectivity index (χ2n) is 5.70. The molecule has 1 unspecified atom stereocenters. The molecule has 0 amide bonds. The van der Waals surface area contributed by atoms with Gasteiger partial charge in [-0.15, -0.1) is 0 Å². The van der Waals surface area contributed by atoms with Crippen molar-refractivity contribution in [2.75, 3.05) is 13.7 Å². The molecule has 1 atom stereocenters. The van der Waals surface area contributed by atoms with E-state index < -0.39 is 33.9 Å². The molecule has 25 heavy (non-hydrogen) atoms. The van der Waals surface area contributed by atoms with E-state index in [9.17, 15) is 23.1 Å². The molecule has 1 aromatic carbocycles. The fourth-order valence-electron chi connectivity index (χ4n) is 2.10. The van der Waals surface area contributed by atoms with Crippen LogP contribution in [0.4, 0.5) is 0 Å². The zero-order valence-corrected chi connectivity index (χ0v) is 15.4. The fraction of sp³-hybridized carbons (Fsp3) is 0.500. The lowest BCUT2D eigenvalue weighted by atomic mass is 10.1. The summed E-state index contributed by atoms with van der Waals surface area (Å²) < 4.78 is 37.2. The van der Waals surface area contributed by atoms with Gasteiger partial charge in [-0.3, -0.25) is 4.79 Å². The molecule has 0 aliphatic heterocycles. The number of nitrogens with one attached hydrogen (secondary N) is 1. The number of carboxylic acid groups (broad SMARTS) is 1. The topological polar surface area (TPSA) is 119 Å². The van der Waals surface area contributed by atoms with Crippen molar-refractivity contribution >= 4 is 22.0 Å². The normalized spacial score (nSPS) is 12.8. The van der Waals surface area contributed by atoms with E-state index in [4.69, 9.17) is 9.47 Å². The smallest absolute Gasteiger partial charge is 0.338 e. The van der Waals surface area contributed by atoms with Gasteiger partial charge in [-0.1, -0.05) is 13.8 Å². The van der Waals surface area contributed by atoms with Gasteiger partial charge in [0.1, 0.15) is 6.04 Å². The predicted molar refractivity (Wildman–Crippen MR) is 89.7 cm³/mol. The number of rotatable bonds is 9. The zero-order chi connectivity index (χ0) is 19.2. The molecule has 9 heteroatoms. The molecule has 0 heterocycles. The maximum Gasteiger partial charge on any atom is 0.338 e. The number of benzene rings is 1. The molecule has 0 radical (unpaired) electrons. The van der Waals surface area contributed by atoms with Gasteiger partial charge < -0.3 is 14.6 Å². The standard InChI is InChI=1S/C16H23NO7S/c1-5-24-16(20)12-6-11(9-23-4)7-13(8-12)25(21,22)17-14(10(2)3)15(18)19/h6-8,10,14,17H,5,9H2,1-4H3,(H,18,19). The SMILES string of the molecule is CCOC(=O)c1cc(COC)cc(S(=O)(=O)NC(C(=O)O)C(C)C)c1. The van der Waals surface area contributed by atoms with E-state index in [2.05, 4.69) is 4.72 Å². The number of hydrogen-bond donors (Lipinski definition) is 2. The van der Waals surface area contributed by atoms with Gasteiger partial charge in [-0.25, -0.2) is 13.2 Å². The number of esters is 1. The summed E-state index contributed by atoms with van der Waals surface area (Å²) in [6, 6.07) is 2.66. The lowest BCUT2D eigenvalue weighted by Crippen LogP contribution is -2.44. The number of methoxy groups -OCH3 is 1. The van der Waals surface area contributed by atoms with E-state index in [0.29, 0.717) is 5.56 Å². The Morgan fingerprint density at radius 3 is 2.36 bits per heavy atom.